The molecule has 4 rings (SSSR count). The van der Waals surface area contributed by atoms with E-state index in [1.165, 1.54) is 0 Å². The SMILES string of the molecule is Cc1cc(C)nc(NCC(=O)N2CCC(c3nc4ccccc4[nH]3)CC2)n1. The molecule has 0 aliphatic carbocycles. The molecule has 2 aromatic heterocycles. The number of amides is 1. The number of carbonyl (C=O) groups is 1. The minimum absolute atomic E-state index is 0.0841. The van der Waals surface area contributed by atoms with E-state index in [1.807, 2.05) is 49.1 Å². The first-order chi connectivity index (χ1) is 13.1. The molecule has 1 aliphatic rings. The molecular weight excluding hydrogens is 340 g/mol. The Morgan fingerprint density at radius 3 is 2.56 bits per heavy atom. The zero-order chi connectivity index (χ0) is 18.8. The van der Waals surface area contributed by atoms with Gasteiger partial charge in [0.2, 0.25) is 11.9 Å². The summed E-state index contributed by atoms with van der Waals surface area (Å²) >= 11 is 0. The first-order valence-electron chi connectivity index (χ1n) is 9.37. The number of rotatable bonds is 4. The molecule has 3 heterocycles. The molecule has 2 N–H and O–H groups in total. The highest BCUT2D eigenvalue weighted by molar-refractivity contribution is 5.80. The summed E-state index contributed by atoms with van der Waals surface area (Å²) in [5.74, 6) is 2.00. The van der Waals surface area contributed by atoms with Crippen LogP contribution in [-0.2, 0) is 4.79 Å². The molecule has 0 saturated carbocycles. The molecule has 1 fully saturated rings. The van der Waals surface area contributed by atoms with Gasteiger partial charge < -0.3 is 15.2 Å². The van der Waals surface area contributed by atoms with Gasteiger partial charge in [-0.15, -0.1) is 0 Å². The van der Waals surface area contributed by atoms with Gasteiger partial charge in [0.1, 0.15) is 5.82 Å². The summed E-state index contributed by atoms with van der Waals surface area (Å²) in [5, 5.41) is 3.05. The molecule has 0 spiro atoms. The lowest BCUT2D eigenvalue weighted by molar-refractivity contribution is -0.130. The van der Waals surface area contributed by atoms with E-state index in [1.54, 1.807) is 0 Å². The van der Waals surface area contributed by atoms with Gasteiger partial charge in [-0.05, 0) is 44.9 Å². The Morgan fingerprint density at radius 2 is 1.85 bits per heavy atom. The van der Waals surface area contributed by atoms with Crippen molar-refractivity contribution in [3.8, 4) is 0 Å². The minimum Gasteiger partial charge on any atom is -0.345 e. The van der Waals surface area contributed by atoms with E-state index in [9.17, 15) is 4.79 Å². The predicted octanol–water partition coefficient (Wildman–Crippen LogP) is 2.79. The molecule has 1 amide bonds. The number of likely N-dealkylation sites (tertiary alicyclic amines) is 1. The summed E-state index contributed by atoms with van der Waals surface area (Å²) in [6.07, 6.45) is 1.84. The van der Waals surface area contributed by atoms with Crippen LogP contribution in [0.1, 0.15) is 36.0 Å². The molecule has 0 bridgehead atoms. The first-order valence-corrected chi connectivity index (χ1v) is 9.37. The molecule has 7 heteroatoms. The number of hydrogen-bond donors (Lipinski definition) is 2. The number of nitrogens with zero attached hydrogens (tertiary/aromatic N) is 4. The van der Waals surface area contributed by atoms with E-state index >= 15 is 0 Å². The number of piperidine rings is 1. The van der Waals surface area contributed by atoms with Crippen molar-refractivity contribution in [3.63, 3.8) is 0 Å². The highest BCUT2D eigenvalue weighted by Crippen LogP contribution is 2.27. The van der Waals surface area contributed by atoms with E-state index in [-0.39, 0.29) is 12.5 Å². The van der Waals surface area contributed by atoms with Crippen molar-refractivity contribution in [2.45, 2.75) is 32.6 Å². The summed E-state index contributed by atoms with van der Waals surface area (Å²) in [5.41, 5.74) is 3.86. The first kappa shape index (κ1) is 17.5. The van der Waals surface area contributed by atoms with Crippen LogP contribution in [0.5, 0.6) is 0 Å². The fourth-order valence-corrected chi connectivity index (χ4v) is 3.64. The number of aryl methyl sites for hydroxylation is 2. The maximum Gasteiger partial charge on any atom is 0.241 e. The van der Waals surface area contributed by atoms with Gasteiger partial charge in [0.05, 0.1) is 17.6 Å². The number of nitrogens with one attached hydrogen (secondary N) is 2. The zero-order valence-corrected chi connectivity index (χ0v) is 15.7. The van der Waals surface area contributed by atoms with Crippen LogP contribution in [0.4, 0.5) is 5.95 Å². The molecule has 27 heavy (non-hydrogen) atoms. The molecule has 1 aromatic carbocycles. The maximum absolute atomic E-state index is 12.5. The van der Waals surface area contributed by atoms with Gasteiger partial charge >= 0.3 is 0 Å². The second-order valence-electron chi connectivity index (χ2n) is 7.12. The maximum atomic E-state index is 12.5. The molecule has 0 atom stereocenters. The number of carbonyl (C=O) groups excluding carboxylic acids is 1. The Bertz CT molecular complexity index is 905. The molecule has 3 aromatic rings. The van der Waals surface area contributed by atoms with Crippen molar-refractivity contribution in [2.75, 3.05) is 25.0 Å². The number of fused-ring (bicyclic) bond motifs is 1. The Kier molecular flexibility index (Phi) is 4.75. The number of aromatic amines is 1. The van der Waals surface area contributed by atoms with Crippen LogP contribution < -0.4 is 5.32 Å². The summed E-state index contributed by atoms with van der Waals surface area (Å²) in [7, 11) is 0. The number of aromatic nitrogens is 4. The molecule has 0 radical (unpaired) electrons. The van der Waals surface area contributed by atoms with E-state index in [0.717, 1.165) is 54.2 Å². The topological polar surface area (TPSA) is 86.8 Å². The quantitative estimate of drug-likeness (QED) is 0.743. The number of hydrogen-bond acceptors (Lipinski definition) is 5. The third-order valence-corrected chi connectivity index (χ3v) is 5.02. The molecule has 0 unspecified atom stereocenters. The Labute approximate surface area is 158 Å². The average Bonchev–Trinajstić information content (AvgIpc) is 3.10. The zero-order valence-electron chi connectivity index (χ0n) is 15.7. The van der Waals surface area contributed by atoms with Crippen LogP contribution in [0.3, 0.4) is 0 Å². The minimum atomic E-state index is 0.0841. The van der Waals surface area contributed by atoms with E-state index in [2.05, 4.69) is 20.3 Å². The van der Waals surface area contributed by atoms with Gasteiger partial charge in [-0.3, -0.25) is 4.79 Å². The van der Waals surface area contributed by atoms with Crippen molar-refractivity contribution < 1.29 is 4.79 Å². The smallest absolute Gasteiger partial charge is 0.241 e. The number of imidazole rings is 1. The standard InChI is InChI=1S/C20H24N6O/c1-13-11-14(2)23-20(22-13)21-12-18(27)26-9-7-15(8-10-26)19-24-16-5-3-4-6-17(16)25-19/h3-6,11,15H,7-10,12H2,1-2H3,(H,24,25)(H,21,22,23). The number of benzene rings is 1. The molecule has 1 saturated heterocycles. The average molecular weight is 364 g/mol. The lowest BCUT2D eigenvalue weighted by atomic mass is 9.96. The van der Waals surface area contributed by atoms with E-state index < -0.39 is 0 Å². The lowest BCUT2D eigenvalue weighted by Crippen LogP contribution is -2.41. The van der Waals surface area contributed by atoms with Crippen LogP contribution in [0, 0.1) is 13.8 Å². The third-order valence-electron chi connectivity index (χ3n) is 5.02. The van der Waals surface area contributed by atoms with Gasteiger partial charge in [-0.25, -0.2) is 15.0 Å². The highest BCUT2D eigenvalue weighted by Gasteiger charge is 2.25. The Balaban J connectivity index is 1.32. The van der Waals surface area contributed by atoms with Crippen LogP contribution >= 0.6 is 0 Å². The van der Waals surface area contributed by atoms with Gasteiger partial charge in [-0.2, -0.15) is 0 Å². The summed E-state index contributed by atoms with van der Waals surface area (Å²) in [6.45, 7) is 5.55. The fourth-order valence-electron chi connectivity index (χ4n) is 3.64. The molecular formula is C20H24N6O. The number of para-hydroxylation sites is 2. The Hall–Kier alpha value is -2.96. The van der Waals surface area contributed by atoms with Crippen LogP contribution in [0.25, 0.3) is 11.0 Å². The van der Waals surface area contributed by atoms with Crippen molar-refractivity contribution in [2.24, 2.45) is 0 Å². The second-order valence-corrected chi connectivity index (χ2v) is 7.12. The summed E-state index contributed by atoms with van der Waals surface area (Å²) < 4.78 is 0. The number of anilines is 1. The largest absolute Gasteiger partial charge is 0.345 e. The van der Waals surface area contributed by atoms with Gasteiger partial charge in [0.15, 0.2) is 0 Å². The monoisotopic (exact) mass is 364 g/mol. The van der Waals surface area contributed by atoms with Gasteiger partial charge in [0.25, 0.3) is 0 Å². The van der Waals surface area contributed by atoms with Crippen molar-refractivity contribution in [1.29, 1.82) is 0 Å². The summed E-state index contributed by atoms with van der Waals surface area (Å²) in [6, 6.07) is 9.99. The predicted molar refractivity (Wildman–Crippen MR) is 105 cm³/mol. The van der Waals surface area contributed by atoms with Crippen LogP contribution in [0.15, 0.2) is 30.3 Å². The normalized spacial score (nSPS) is 15.3. The van der Waals surface area contributed by atoms with Gasteiger partial charge in [-0.1, -0.05) is 12.1 Å². The highest BCUT2D eigenvalue weighted by atomic mass is 16.2. The number of H-pyrrole nitrogens is 1. The Morgan fingerprint density at radius 1 is 1.15 bits per heavy atom. The molecule has 7 nitrogen and oxygen atoms in total. The van der Waals surface area contributed by atoms with Crippen LogP contribution in [-0.4, -0.2) is 50.4 Å². The summed E-state index contributed by atoms with van der Waals surface area (Å²) in [4.78, 5) is 31.2. The van der Waals surface area contributed by atoms with Crippen LogP contribution in [0.2, 0.25) is 0 Å². The second kappa shape index (κ2) is 7.34. The van der Waals surface area contributed by atoms with Gasteiger partial charge in [0, 0.05) is 30.4 Å². The molecule has 140 valence electrons. The lowest BCUT2D eigenvalue weighted by Gasteiger charge is -2.31. The van der Waals surface area contributed by atoms with E-state index in [4.69, 9.17) is 4.98 Å². The third kappa shape index (κ3) is 3.92. The van der Waals surface area contributed by atoms with E-state index in [0.29, 0.717) is 11.9 Å². The van der Waals surface area contributed by atoms with Crippen molar-refractivity contribution in [1.82, 2.24) is 24.8 Å². The fraction of sp³-hybridized carbons (Fsp3) is 0.400. The van der Waals surface area contributed by atoms with Crippen molar-refractivity contribution >= 4 is 22.9 Å². The molecule has 1 aliphatic heterocycles. The van der Waals surface area contributed by atoms with Crippen molar-refractivity contribution in [3.05, 3.63) is 47.5 Å².